The highest BCUT2D eigenvalue weighted by molar-refractivity contribution is 7.85. The first kappa shape index (κ1) is 16.8. The summed E-state index contributed by atoms with van der Waals surface area (Å²) in [6, 6.07) is 6.10. The minimum atomic E-state index is -4.12. The molecule has 0 unspecified atom stereocenters. The molecule has 18 heavy (non-hydrogen) atoms. The van der Waals surface area contributed by atoms with Crippen LogP contribution in [-0.2, 0) is 10.1 Å². The Balaban J connectivity index is 0.000000411. The normalized spacial score (nSPS) is 10.7. The molecule has 0 fully saturated rings. The van der Waals surface area contributed by atoms with Gasteiger partial charge in [0.05, 0.1) is 6.61 Å². The van der Waals surface area contributed by atoms with Gasteiger partial charge in [0, 0.05) is 6.54 Å². The van der Waals surface area contributed by atoms with Gasteiger partial charge in [0.2, 0.25) is 0 Å². The van der Waals surface area contributed by atoms with E-state index in [1.807, 2.05) is 19.0 Å². The molecule has 0 radical (unpaired) electrons. The van der Waals surface area contributed by atoms with E-state index in [1.54, 1.807) is 12.1 Å². The molecule has 0 amide bonds. The standard InChI is InChI=1S/C8H8O3S.C4H11NO/c1-2-7-5-3-4-6-8(7)12(9,10)11;1-5(2)3-4-6/h2-6H,1H2,(H,9,10,11);6H,3-4H2,1-2H3. The van der Waals surface area contributed by atoms with E-state index in [1.165, 1.54) is 18.2 Å². The summed E-state index contributed by atoms with van der Waals surface area (Å²) in [7, 11) is -0.263. The highest BCUT2D eigenvalue weighted by Crippen LogP contribution is 2.15. The van der Waals surface area contributed by atoms with E-state index in [0.29, 0.717) is 5.56 Å². The third kappa shape index (κ3) is 6.51. The van der Waals surface area contributed by atoms with Crippen LogP contribution in [0.2, 0.25) is 0 Å². The lowest BCUT2D eigenvalue weighted by Crippen LogP contribution is -2.15. The SMILES string of the molecule is C=Cc1ccccc1S(=O)(=O)O.CN(C)CCO. The third-order valence-corrected chi connectivity index (χ3v) is 2.89. The molecule has 0 aliphatic heterocycles. The third-order valence-electron chi connectivity index (χ3n) is 1.96. The van der Waals surface area contributed by atoms with Gasteiger partial charge >= 0.3 is 0 Å². The van der Waals surface area contributed by atoms with Crippen LogP contribution in [0, 0.1) is 0 Å². The Labute approximate surface area is 108 Å². The number of aliphatic hydroxyl groups is 1. The number of benzene rings is 1. The summed E-state index contributed by atoms with van der Waals surface area (Å²) in [5, 5.41) is 8.20. The zero-order valence-corrected chi connectivity index (χ0v) is 11.4. The maximum absolute atomic E-state index is 10.7. The molecular weight excluding hydrogens is 254 g/mol. The molecule has 0 saturated carbocycles. The van der Waals surface area contributed by atoms with Crippen molar-refractivity contribution < 1.29 is 18.1 Å². The first-order chi connectivity index (χ1) is 8.32. The van der Waals surface area contributed by atoms with E-state index < -0.39 is 10.1 Å². The predicted molar refractivity (Wildman–Crippen MR) is 72.0 cm³/mol. The van der Waals surface area contributed by atoms with Gasteiger partial charge < -0.3 is 10.0 Å². The predicted octanol–water partition coefficient (Wildman–Crippen LogP) is 1.12. The van der Waals surface area contributed by atoms with Gasteiger partial charge in [-0.3, -0.25) is 4.55 Å². The largest absolute Gasteiger partial charge is 0.395 e. The maximum Gasteiger partial charge on any atom is 0.295 e. The van der Waals surface area contributed by atoms with Crippen molar-refractivity contribution in [2.75, 3.05) is 27.2 Å². The number of rotatable bonds is 4. The Morgan fingerprint density at radius 1 is 1.33 bits per heavy atom. The number of nitrogens with zero attached hydrogens (tertiary/aromatic N) is 1. The number of hydrogen-bond donors (Lipinski definition) is 2. The van der Waals surface area contributed by atoms with Crippen LogP contribution < -0.4 is 0 Å². The first-order valence-electron chi connectivity index (χ1n) is 5.27. The molecule has 102 valence electrons. The van der Waals surface area contributed by atoms with E-state index in [0.717, 1.165) is 6.54 Å². The van der Waals surface area contributed by atoms with E-state index in [4.69, 9.17) is 9.66 Å². The highest BCUT2D eigenvalue weighted by atomic mass is 32.2. The highest BCUT2D eigenvalue weighted by Gasteiger charge is 2.11. The Morgan fingerprint density at radius 3 is 2.17 bits per heavy atom. The summed E-state index contributed by atoms with van der Waals surface area (Å²) in [6.45, 7) is 4.45. The average molecular weight is 273 g/mol. The number of hydrogen-bond acceptors (Lipinski definition) is 4. The lowest BCUT2D eigenvalue weighted by atomic mass is 10.2. The molecule has 0 bridgehead atoms. The molecule has 0 aliphatic rings. The van der Waals surface area contributed by atoms with E-state index in [2.05, 4.69) is 6.58 Å². The molecular formula is C12H19NO4S. The molecule has 1 aromatic carbocycles. The molecule has 0 aliphatic carbocycles. The fourth-order valence-corrected chi connectivity index (χ4v) is 1.78. The van der Waals surface area contributed by atoms with Gasteiger partial charge in [-0.15, -0.1) is 0 Å². The summed E-state index contributed by atoms with van der Waals surface area (Å²) in [4.78, 5) is 1.82. The summed E-state index contributed by atoms with van der Waals surface area (Å²) >= 11 is 0. The van der Waals surface area contributed by atoms with Crippen LogP contribution in [0.15, 0.2) is 35.7 Å². The van der Waals surface area contributed by atoms with Crippen LogP contribution >= 0.6 is 0 Å². The molecule has 0 heterocycles. The molecule has 6 heteroatoms. The summed E-state index contributed by atoms with van der Waals surface area (Å²) in [6.07, 6.45) is 1.38. The minimum Gasteiger partial charge on any atom is -0.395 e. The van der Waals surface area contributed by atoms with E-state index in [-0.39, 0.29) is 11.5 Å². The van der Waals surface area contributed by atoms with Crippen molar-refractivity contribution in [2.45, 2.75) is 4.90 Å². The smallest absolute Gasteiger partial charge is 0.295 e. The van der Waals surface area contributed by atoms with Crippen LogP contribution in [0.25, 0.3) is 6.08 Å². The fraction of sp³-hybridized carbons (Fsp3) is 0.333. The maximum atomic E-state index is 10.7. The van der Waals surface area contributed by atoms with E-state index >= 15 is 0 Å². The Morgan fingerprint density at radius 2 is 1.89 bits per heavy atom. The first-order valence-corrected chi connectivity index (χ1v) is 6.71. The van der Waals surface area contributed by atoms with Crippen LogP contribution in [0.5, 0.6) is 0 Å². The van der Waals surface area contributed by atoms with Gasteiger partial charge in [-0.2, -0.15) is 8.42 Å². The van der Waals surface area contributed by atoms with Gasteiger partial charge in [0.15, 0.2) is 0 Å². The Hall–Kier alpha value is -1.21. The number of aliphatic hydroxyl groups excluding tert-OH is 1. The lowest BCUT2D eigenvalue weighted by Gasteiger charge is -2.03. The fourth-order valence-electron chi connectivity index (χ4n) is 1.08. The van der Waals surface area contributed by atoms with Gasteiger partial charge in [0.1, 0.15) is 4.90 Å². The molecule has 0 atom stereocenters. The van der Waals surface area contributed by atoms with Crippen molar-refractivity contribution in [3.05, 3.63) is 36.4 Å². The summed E-state index contributed by atoms with van der Waals surface area (Å²) in [5.74, 6) is 0. The lowest BCUT2D eigenvalue weighted by molar-refractivity contribution is 0.243. The topological polar surface area (TPSA) is 77.8 Å². The molecule has 0 saturated heterocycles. The molecule has 1 rings (SSSR count). The van der Waals surface area contributed by atoms with Crippen molar-refractivity contribution in [3.63, 3.8) is 0 Å². The average Bonchev–Trinajstić information content (AvgIpc) is 2.28. The van der Waals surface area contributed by atoms with Crippen molar-refractivity contribution in [1.29, 1.82) is 0 Å². The van der Waals surface area contributed by atoms with Gasteiger partial charge in [-0.25, -0.2) is 0 Å². The molecule has 0 aromatic heterocycles. The Kier molecular flexibility index (Phi) is 7.45. The van der Waals surface area contributed by atoms with E-state index in [9.17, 15) is 8.42 Å². The van der Waals surface area contributed by atoms with Gasteiger partial charge in [-0.1, -0.05) is 30.9 Å². The van der Waals surface area contributed by atoms with Crippen LogP contribution in [-0.4, -0.2) is 50.2 Å². The molecule has 5 nitrogen and oxygen atoms in total. The van der Waals surface area contributed by atoms with Gasteiger partial charge in [0.25, 0.3) is 10.1 Å². The summed E-state index contributed by atoms with van der Waals surface area (Å²) in [5.41, 5.74) is 0.403. The van der Waals surface area contributed by atoms with Crippen LogP contribution in [0.1, 0.15) is 5.56 Å². The zero-order valence-electron chi connectivity index (χ0n) is 10.6. The van der Waals surface area contributed by atoms with Gasteiger partial charge in [-0.05, 0) is 25.7 Å². The second kappa shape index (κ2) is 7.99. The molecule has 1 aromatic rings. The van der Waals surface area contributed by atoms with Crippen LogP contribution in [0.4, 0.5) is 0 Å². The van der Waals surface area contributed by atoms with Crippen molar-refractivity contribution >= 4 is 16.2 Å². The molecule has 0 spiro atoms. The second-order valence-electron chi connectivity index (χ2n) is 3.74. The summed E-state index contributed by atoms with van der Waals surface area (Å²) < 4.78 is 30.2. The van der Waals surface area contributed by atoms with Crippen LogP contribution in [0.3, 0.4) is 0 Å². The van der Waals surface area contributed by atoms with Crippen molar-refractivity contribution in [3.8, 4) is 0 Å². The minimum absolute atomic E-state index is 0.111. The van der Waals surface area contributed by atoms with Crippen molar-refractivity contribution in [1.82, 2.24) is 4.90 Å². The molecule has 2 N–H and O–H groups in total. The quantitative estimate of drug-likeness (QED) is 0.804. The monoisotopic (exact) mass is 273 g/mol. The van der Waals surface area contributed by atoms with Crippen molar-refractivity contribution in [2.24, 2.45) is 0 Å². The number of likely N-dealkylation sites (N-methyl/N-ethyl adjacent to an activating group) is 1. The Bertz CT molecular complexity index is 469. The second-order valence-corrected chi connectivity index (χ2v) is 5.13. The zero-order chi connectivity index (χ0) is 14.2.